The van der Waals surface area contributed by atoms with Crippen LogP contribution >= 0.6 is 23.5 Å². The summed E-state index contributed by atoms with van der Waals surface area (Å²) < 4.78 is 5.34. The summed E-state index contributed by atoms with van der Waals surface area (Å²) in [6.45, 7) is 4.10. The Kier molecular flexibility index (Phi) is 4.89. The van der Waals surface area contributed by atoms with Crippen molar-refractivity contribution in [2.24, 2.45) is 4.99 Å². The van der Waals surface area contributed by atoms with E-state index in [1.165, 1.54) is 17.3 Å². The second-order valence-corrected chi connectivity index (χ2v) is 8.79. The van der Waals surface area contributed by atoms with E-state index in [0.717, 1.165) is 32.6 Å². The van der Waals surface area contributed by atoms with Gasteiger partial charge in [-0.2, -0.15) is 0 Å². The average molecular weight is 412 g/mol. The summed E-state index contributed by atoms with van der Waals surface area (Å²) in [4.78, 5) is 23.2. The first-order chi connectivity index (χ1) is 13.4. The molecule has 0 radical (unpaired) electrons. The van der Waals surface area contributed by atoms with Crippen LogP contribution in [0.3, 0.4) is 0 Å². The van der Waals surface area contributed by atoms with Gasteiger partial charge in [-0.25, -0.2) is 4.99 Å². The number of ether oxygens (including phenoxy) is 1. The van der Waals surface area contributed by atoms with Gasteiger partial charge in [0.25, 0.3) is 5.91 Å². The standard InChI is InChI=1S/C21H21N3O2S2/c1-12-6-8-15(13(2)10-12)22-21-24(4)19(25)18(28-21)20-23(3)16-11-14(26-5)7-9-17(16)27-20/h6-11H,1-5H3. The number of fused-ring (bicyclic) bond motifs is 1. The predicted molar refractivity (Wildman–Crippen MR) is 118 cm³/mol. The number of aliphatic imine (C=N–C) groups is 1. The van der Waals surface area contributed by atoms with Gasteiger partial charge in [-0.15, -0.1) is 0 Å². The zero-order valence-electron chi connectivity index (χ0n) is 16.4. The summed E-state index contributed by atoms with van der Waals surface area (Å²) >= 11 is 3.04. The largest absolute Gasteiger partial charge is 0.497 e. The number of aryl methyl sites for hydroxylation is 2. The zero-order chi connectivity index (χ0) is 20.0. The highest BCUT2D eigenvalue weighted by atomic mass is 32.2. The number of rotatable bonds is 2. The highest BCUT2D eigenvalue weighted by Crippen LogP contribution is 2.50. The molecule has 5 nitrogen and oxygen atoms in total. The number of likely N-dealkylation sites (N-methyl/N-ethyl adjacent to an activating group) is 1. The maximum Gasteiger partial charge on any atom is 0.269 e. The maximum absolute atomic E-state index is 13.0. The van der Waals surface area contributed by atoms with Crippen molar-refractivity contribution in [3.8, 4) is 5.75 Å². The summed E-state index contributed by atoms with van der Waals surface area (Å²) in [5, 5.41) is 1.62. The van der Waals surface area contributed by atoms with Crippen LogP contribution in [0.2, 0.25) is 0 Å². The molecule has 0 spiro atoms. The molecule has 1 fully saturated rings. The molecule has 2 heterocycles. The fourth-order valence-corrected chi connectivity index (χ4v) is 5.47. The van der Waals surface area contributed by atoms with E-state index in [-0.39, 0.29) is 5.91 Å². The van der Waals surface area contributed by atoms with Crippen LogP contribution in [0, 0.1) is 13.8 Å². The summed E-state index contributed by atoms with van der Waals surface area (Å²) in [6, 6.07) is 12.1. The highest BCUT2D eigenvalue weighted by Gasteiger charge is 2.37. The van der Waals surface area contributed by atoms with Crippen molar-refractivity contribution < 1.29 is 9.53 Å². The molecular weight excluding hydrogens is 390 g/mol. The second-order valence-electron chi connectivity index (χ2n) is 6.78. The van der Waals surface area contributed by atoms with E-state index in [1.807, 2.05) is 44.3 Å². The Hall–Kier alpha value is -2.38. The lowest BCUT2D eigenvalue weighted by Crippen LogP contribution is -2.24. The number of amides is 1. The number of hydrogen-bond acceptors (Lipinski definition) is 6. The molecule has 1 amide bonds. The third-order valence-electron chi connectivity index (χ3n) is 4.78. The molecule has 2 aromatic rings. The van der Waals surface area contributed by atoms with Crippen molar-refractivity contribution in [1.29, 1.82) is 0 Å². The molecular formula is C21H21N3O2S2. The molecule has 0 saturated carbocycles. The van der Waals surface area contributed by atoms with Crippen LogP contribution in [0.25, 0.3) is 0 Å². The highest BCUT2D eigenvalue weighted by molar-refractivity contribution is 8.19. The number of carbonyl (C=O) groups is 1. The van der Waals surface area contributed by atoms with E-state index in [1.54, 1.807) is 30.8 Å². The van der Waals surface area contributed by atoms with Crippen molar-refractivity contribution in [2.75, 3.05) is 26.1 Å². The van der Waals surface area contributed by atoms with Gasteiger partial charge in [-0.3, -0.25) is 9.69 Å². The van der Waals surface area contributed by atoms with Gasteiger partial charge in [0.1, 0.15) is 10.7 Å². The van der Waals surface area contributed by atoms with Crippen molar-refractivity contribution in [1.82, 2.24) is 4.90 Å². The van der Waals surface area contributed by atoms with E-state index in [9.17, 15) is 4.79 Å². The fraction of sp³-hybridized carbons (Fsp3) is 0.238. The average Bonchev–Trinajstić information content (AvgIpc) is 3.15. The van der Waals surface area contributed by atoms with Crippen LogP contribution in [0.1, 0.15) is 11.1 Å². The lowest BCUT2D eigenvalue weighted by atomic mass is 10.1. The minimum absolute atomic E-state index is 0.0253. The molecule has 7 heteroatoms. The van der Waals surface area contributed by atoms with Gasteiger partial charge < -0.3 is 9.64 Å². The van der Waals surface area contributed by atoms with Gasteiger partial charge in [0.05, 0.1) is 23.5 Å². The molecule has 0 aliphatic carbocycles. The first-order valence-electron chi connectivity index (χ1n) is 8.85. The molecule has 28 heavy (non-hydrogen) atoms. The number of methoxy groups -OCH3 is 1. The van der Waals surface area contributed by atoms with E-state index in [0.29, 0.717) is 10.1 Å². The van der Waals surface area contributed by atoms with Crippen molar-refractivity contribution >= 4 is 46.0 Å². The van der Waals surface area contributed by atoms with E-state index >= 15 is 0 Å². The molecule has 0 unspecified atom stereocenters. The van der Waals surface area contributed by atoms with Crippen LogP contribution < -0.4 is 9.64 Å². The van der Waals surface area contributed by atoms with Gasteiger partial charge in [0, 0.05) is 25.1 Å². The topological polar surface area (TPSA) is 45.1 Å². The Balaban J connectivity index is 1.70. The quantitative estimate of drug-likeness (QED) is 0.657. The number of hydrogen-bond donors (Lipinski definition) is 0. The Bertz CT molecular complexity index is 1050. The number of nitrogens with zero attached hydrogens (tertiary/aromatic N) is 3. The van der Waals surface area contributed by atoms with Crippen molar-refractivity contribution in [3.63, 3.8) is 0 Å². The molecule has 2 aliphatic rings. The first kappa shape index (κ1) is 19.0. The van der Waals surface area contributed by atoms with Gasteiger partial charge in [0.15, 0.2) is 5.17 Å². The molecule has 4 rings (SSSR count). The first-order valence-corrected chi connectivity index (χ1v) is 10.5. The number of carbonyl (C=O) groups excluding carboxylic acids is 1. The van der Waals surface area contributed by atoms with E-state index < -0.39 is 0 Å². The Morgan fingerprint density at radius 3 is 2.50 bits per heavy atom. The lowest BCUT2D eigenvalue weighted by molar-refractivity contribution is -0.121. The normalized spacial score (nSPS) is 20.3. The molecule has 0 aromatic heterocycles. The molecule has 2 aromatic carbocycles. The number of anilines is 1. The molecule has 144 valence electrons. The van der Waals surface area contributed by atoms with Gasteiger partial charge in [-0.05, 0) is 49.4 Å². The van der Waals surface area contributed by atoms with Crippen molar-refractivity contribution in [2.45, 2.75) is 18.7 Å². The van der Waals surface area contributed by atoms with Crippen LogP contribution in [0.4, 0.5) is 11.4 Å². The van der Waals surface area contributed by atoms with Gasteiger partial charge in [-0.1, -0.05) is 29.5 Å². The minimum atomic E-state index is -0.0253. The van der Waals surface area contributed by atoms with Crippen LogP contribution in [-0.2, 0) is 4.79 Å². The minimum Gasteiger partial charge on any atom is -0.497 e. The lowest BCUT2D eigenvalue weighted by Gasteiger charge is -2.15. The summed E-state index contributed by atoms with van der Waals surface area (Å²) in [7, 11) is 5.42. The number of thioether (sulfide) groups is 2. The molecule has 0 N–H and O–H groups in total. The fourth-order valence-electron chi connectivity index (χ4n) is 3.16. The Morgan fingerprint density at radius 2 is 1.79 bits per heavy atom. The van der Waals surface area contributed by atoms with Crippen LogP contribution in [0.5, 0.6) is 5.75 Å². The number of amidine groups is 1. The third-order valence-corrected chi connectivity index (χ3v) is 7.27. The van der Waals surface area contributed by atoms with Gasteiger partial charge in [0.2, 0.25) is 0 Å². The van der Waals surface area contributed by atoms with Crippen LogP contribution in [0.15, 0.2) is 56.2 Å². The van der Waals surface area contributed by atoms with Crippen molar-refractivity contribution in [3.05, 3.63) is 57.5 Å². The second kappa shape index (κ2) is 7.22. The molecule has 0 atom stereocenters. The number of benzene rings is 2. The molecule has 1 saturated heterocycles. The molecule has 2 aliphatic heterocycles. The summed E-state index contributed by atoms with van der Waals surface area (Å²) in [5.41, 5.74) is 4.23. The Morgan fingerprint density at radius 1 is 1.00 bits per heavy atom. The molecule has 0 bridgehead atoms. The van der Waals surface area contributed by atoms with E-state index in [4.69, 9.17) is 9.73 Å². The van der Waals surface area contributed by atoms with Crippen LogP contribution in [-0.4, -0.2) is 37.2 Å². The van der Waals surface area contributed by atoms with E-state index in [2.05, 4.69) is 17.9 Å². The van der Waals surface area contributed by atoms with Gasteiger partial charge >= 0.3 is 0 Å². The summed E-state index contributed by atoms with van der Waals surface area (Å²) in [5.74, 6) is 0.778. The third kappa shape index (κ3) is 3.18. The Labute approximate surface area is 173 Å². The smallest absolute Gasteiger partial charge is 0.269 e. The monoisotopic (exact) mass is 411 g/mol. The maximum atomic E-state index is 13.0. The zero-order valence-corrected chi connectivity index (χ0v) is 18.1. The summed E-state index contributed by atoms with van der Waals surface area (Å²) in [6.07, 6.45) is 0. The predicted octanol–water partition coefficient (Wildman–Crippen LogP) is 4.92. The SMILES string of the molecule is COc1ccc2c(c1)N(C)C(=C1SC(=Nc3ccc(C)cc3C)N(C)C1=O)S2.